The highest BCUT2D eigenvalue weighted by Gasteiger charge is 2.40. The van der Waals surface area contributed by atoms with Gasteiger partial charge in [-0.2, -0.15) is 0 Å². The van der Waals surface area contributed by atoms with Gasteiger partial charge < -0.3 is 0 Å². The smallest absolute Gasteiger partial charge is 0.206 e. The third kappa shape index (κ3) is 3.29. The molecule has 1 N–H and O–H groups in total. The molecule has 0 saturated carbocycles. The van der Waals surface area contributed by atoms with Crippen LogP contribution in [0.15, 0.2) is 9.81 Å². The van der Waals surface area contributed by atoms with Crippen molar-refractivity contribution in [2.75, 3.05) is 0 Å². The first-order valence-electron chi connectivity index (χ1n) is 5.57. The van der Waals surface area contributed by atoms with Crippen molar-refractivity contribution in [3.63, 3.8) is 0 Å². The van der Waals surface area contributed by atoms with E-state index in [4.69, 9.17) is 0 Å². The topological polar surface area (TPSA) is 80.3 Å². The summed E-state index contributed by atoms with van der Waals surface area (Å²) in [5.74, 6) is 0.189. The SMILES string of the molecule is CC(C)CC1=C(CC(C)C)S(=O)(=O)NS1(=O)=O. The van der Waals surface area contributed by atoms with E-state index >= 15 is 0 Å². The zero-order valence-electron chi connectivity index (χ0n) is 10.5. The molecular formula is C10H19NO4S2. The van der Waals surface area contributed by atoms with Crippen LogP contribution in [0.3, 0.4) is 0 Å². The van der Waals surface area contributed by atoms with Crippen molar-refractivity contribution in [3.8, 4) is 0 Å². The largest absolute Gasteiger partial charge is 0.250 e. The first-order valence-corrected chi connectivity index (χ1v) is 8.53. The molecule has 1 heterocycles. The number of nitrogens with one attached hydrogen (secondary N) is 1. The van der Waals surface area contributed by atoms with E-state index in [0.717, 1.165) is 0 Å². The quantitative estimate of drug-likeness (QED) is 0.848. The third-order valence-corrected chi connectivity index (χ3v) is 6.37. The van der Waals surface area contributed by atoms with Gasteiger partial charge in [-0.05, 0) is 24.7 Å². The number of sulfonamides is 2. The van der Waals surface area contributed by atoms with Gasteiger partial charge in [0.05, 0.1) is 9.81 Å². The van der Waals surface area contributed by atoms with Crippen molar-refractivity contribution in [3.05, 3.63) is 9.81 Å². The summed E-state index contributed by atoms with van der Waals surface area (Å²) < 4.78 is 48.8. The zero-order chi connectivity index (χ0) is 13.4. The standard InChI is InChI=1S/C10H19NO4S2/c1-7(2)5-9-10(6-8(3)4)17(14,15)11-16(9,12)13/h7-8,11H,5-6H2,1-4H3. The maximum Gasteiger partial charge on any atom is 0.250 e. The van der Waals surface area contributed by atoms with Crippen LogP contribution >= 0.6 is 0 Å². The summed E-state index contributed by atoms with van der Waals surface area (Å²) in [7, 11) is -7.69. The maximum atomic E-state index is 11.8. The molecule has 1 aliphatic rings. The van der Waals surface area contributed by atoms with Gasteiger partial charge in [-0.3, -0.25) is 0 Å². The number of allylic oxidation sites excluding steroid dienone is 2. The minimum Gasteiger partial charge on any atom is -0.206 e. The predicted molar refractivity (Wildman–Crippen MR) is 66.9 cm³/mol. The van der Waals surface area contributed by atoms with Crippen molar-refractivity contribution in [2.45, 2.75) is 40.5 Å². The van der Waals surface area contributed by atoms with E-state index in [1.54, 1.807) is 4.13 Å². The van der Waals surface area contributed by atoms with E-state index in [1.807, 2.05) is 27.7 Å². The van der Waals surface area contributed by atoms with Crippen LogP contribution in [0.5, 0.6) is 0 Å². The lowest BCUT2D eigenvalue weighted by atomic mass is 10.1. The molecular weight excluding hydrogens is 262 g/mol. The fourth-order valence-corrected chi connectivity index (χ4v) is 6.22. The lowest BCUT2D eigenvalue weighted by molar-refractivity contribution is 0.583. The molecule has 0 aromatic carbocycles. The van der Waals surface area contributed by atoms with Crippen molar-refractivity contribution >= 4 is 20.0 Å². The Morgan fingerprint density at radius 2 is 1.12 bits per heavy atom. The fourth-order valence-electron chi connectivity index (χ4n) is 1.73. The fraction of sp³-hybridized carbons (Fsp3) is 0.800. The second kappa shape index (κ2) is 4.70. The Hall–Kier alpha value is -0.400. The van der Waals surface area contributed by atoms with E-state index in [-0.39, 0.29) is 34.5 Å². The summed E-state index contributed by atoms with van der Waals surface area (Å²) in [6.45, 7) is 7.45. The van der Waals surface area contributed by atoms with Crippen LogP contribution in [-0.4, -0.2) is 16.8 Å². The van der Waals surface area contributed by atoms with Gasteiger partial charge in [-0.15, -0.1) is 4.13 Å². The van der Waals surface area contributed by atoms with Crippen LogP contribution in [0.2, 0.25) is 0 Å². The summed E-state index contributed by atoms with van der Waals surface area (Å²) >= 11 is 0. The van der Waals surface area contributed by atoms with Crippen LogP contribution < -0.4 is 4.13 Å². The Bertz CT molecular complexity index is 479. The predicted octanol–water partition coefficient (Wildman–Crippen LogP) is 1.55. The number of rotatable bonds is 4. The van der Waals surface area contributed by atoms with Gasteiger partial charge in [-0.1, -0.05) is 27.7 Å². The first kappa shape index (κ1) is 14.7. The molecule has 0 amide bonds. The minimum absolute atomic E-state index is 0.0428. The molecule has 0 saturated heterocycles. The minimum atomic E-state index is -3.84. The molecule has 0 spiro atoms. The van der Waals surface area contributed by atoms with E-state index in [1.165, 1.54) is 0 Å². The highest BCUT2D eigenvalue weighted by molar-refractivity contribution is 8.11. The summed E-state index contributed by atoms with van der Waals surface area (Å²) in [5, 5.41) is 0. The summed E-state index contributed by atoms with van der Waals surface area (Å²) in [4.78, 5) is 0.0856. The molecule has 100 valence electrons. The Morgan fingerprint density at radius 3 is 1.35 bits per heavy atom. The lowest BCUT2D eigenvalue weighted by Gasteiger charge is -2.08. The van der Waals surface area contributed by atoms with Gasteiger partial charge in [0.25, 0.3) is 20.0 Å². The summed E-state index contributed by atoms with van der Waals surface area (Å²) in [5.41, 5.74) is 0. The molecule has 0 unspecified atom stereocenters. The molecule has 1 rings (SSSR count). The normalized spacial score (nSPS) is 22.7. The lowest BCUT2D eigenvalue weighted by Crippen LogP contribution is -2.24. The Balaban J connectivity index is 3.35. The van der Waals surface area contributed by atoms with Gasteiger partial charge in [0.1, 0.15) is 0 Å². The van der Waals surface area contributed by atoms with Crippen LogP contribution in [0.25, 0.3) is 0 Å². The van der Waals surface area contributed by atoms with Crippen LogP contribution in [0.1, 0.15) is 40.5 Å². The molecule has 0 aromatic heterocycles. The summed E-state index contributed by atoms with van der Waals surface area (Å²) in [6, 6.07) is 0. The van der Waals surface area contributed by atoms with Crippen molar-refractivity contribution in [2.24, 2.45) is 11.8 Å². The molecule has 0 bridgehead atoms. The summed E-state index contributed by atoms with van der Waals surface area (Å²) in [6.07, 6.45) is 0.521. The molecule has 0 aliphatic carbocycles. The van der Waals surface area contributed by atoms with Gasteiger partial charge in [0.15, 0.2) is 0 Å². The molecule has 0 radical (unpaired) electrons. The van der Waals surface area contributed by atoms with Crippen LogP contribution in [0, 0.1) is 11.8 Å². The first-order chi connectivity index (χ1) is 7.56. The Labute approximate surface area is 103 Å². The van der Waals surface area contributed by atoms with Crippen molar-refractivity contribution < 1.29 is 16.8 Å². The van der Waals surface area contributed by atoms with Crippen LogP contribution in [0.4, 0.5) is 0 Å². The molecule has 0 atom stereocenters. The monoisotopic (exact) mass is 281 g/mol. The van der Waals surface area contributed by atoms with E-state index in [0.29, 0.717) is 0 Å². The van der Waals surface area contributed by atoms with E-state index in [2.05, 4.69) is 0 Å². The maximum absolute atomic E-state index is 11.8. The molecule has 0 fully saturated rings. The molecule has 5 nitrogen and oxygen atoms in total. The highest BCUT2D eigenvalue weighted by Crippen LogP contribution is 2.33. The molecule has 0 aromatic rings. The number of hydrogen-bond acceptors (Lipinski definition) is 4. The van der Waals surface area contributed by atoms with Crippen molar-refractivity contribution in [1.29, 1.82) is 0 Å². The van der Waals surface area contributed by atoms with E-state index in [9.17, 15) is 16.8 Å². The van der Waals surface area contributed by atoms with Gasteiger partial charge in [0.2, 0.25) is 0 Å². The molecule has 17 heavy (non-hydrogen) atoms. The van der Waals surface area contributed by atoms with Crippen molar-refractivity contribution in [1.82, 2.24) is 4.13 Å². The molecule has 1 aliphatic heterocycles. The Kier molecular flexibility index (Phi) is 4.05. The Morgan fingerprint density at radius 1 is 0.824 bits per heavy atom. The highest BCUT2D eigenvalue weighted by atomic mass is 32.3. The third-order valence-electron chi connectivity index (χ3n) is 2.37. The van der Waals surface area contributed by atoms with Gasteiger partial charge in [0, 0.05) is 0 Å². The second-order valence-corrected chi connectivity index (χ2v) is 8.80. The number of hydrogen-bond donors (Lipinski definition) is 1. The molecule has 7 heteroatoms. The van der Waals surface area contributed by atoms with E-state index < -0.39 is 20.0 Å². The van der Waals surface area contributed by atoms with Crippen LogP contribution in [-0.2, 0) is 20.0 Å². The van der Waals surface area contributed by atoms with Gasteiger partial charge in [-0.25, -0.2) is 16.8 Å². The average Bonchev–Trinajstić information content (AvgIpc) is 2.21. The second-order valence-electron chi connectivity index (χ2n) is 5.13. The van der Waals surface area contributed by atoms with Gasteiger partial charge >= 0.3 is 0 Å². The average molecular weight is 281 g/mol. The zero-order valence-corrected chi connectivity index (χ0v) is 12.2.